The van der Waals surface area contributed by atoms with Crippen molar-refractivity contribution in [3.8, 4) is 0 Å². The summed E-state index contributed by atoms with van der Waals surface area (Å²) in [7, 11) is 0. The maximum absolute atomic E-state index is 4.61. The normalized spacial score (nSPS) is 21.2. The van der Waals surface area contributed by atoms with Crippen molar-refractivity contribution >= 4 is 5.95 Å². The summed E-state index contributed by atoms with van der Waals surface area (Å²) in [5, 5.41) is 3.54. The number of aromatic nitrogens is 2. The molecule has 18 heavy (non-hydrogen) atoms. The van der Waals surface area contributed by atoms with Crippen molar-refractivity contribution < 1.29 is 0 Å². The van der Waals surface area contributed by atoms with Gasteiger partial charge in [-0.15, -0.1) is 0 Å². The summed E-state index contributed by atoms with van der Waals surface area (Å²) in [6.07, 6.45) is 13.4. The first-order valence-electron chi connectivity index (χ1n) is 7.61. The van der Waals surface area contributed by atoms with E-state index in [0.29, 0.717) is 6.04 Å². The van der Waals surface area contributed by atoms with Gasteiger partial charge in [0.05, 0.1) is 5.69 Å². The van der Waals surface area contributed by atoms with Gasteiger partial charge in [-0.3, -0.25) is 0 Å². The third kappa shape index (κ3) is 3.06. The molecule has 1 aromatic heterocycles. The molecule has 2 saturated carbocycles. The summed E-state index contributed by atoms with van der Waals surface area (Å²) in [5.41, 5.74) is 1.14. The topological polar surface area (TPSA) is 29.9 Å². The molecule has 0 amide bonds. The van der Waals surface area contributed by atoms with Crippen LogP contribution in [0.3, 0.4) is 0 Å². The standard InChI is InChI=1S/C15H25N3/c1-12-11-18(15(16-12)17-14-7-8-14)10-9-13-5-3-2-4-6-13/h11,13-14H,2-10H2,1H3,(H,16,17). The van der Waals surface area contributed by atoms with Crippen LogP contribution in [0, 0.1) is 12.8 Å². The molecular formula is C15H25N3. The number of anilines is 1. The fourth-order valence-corrected chi connectivity index (χ4v) is 3.04. The monoisotopic (exact) mass is 247 g/mol. The Kier molecular flexibility index (Phi) is 3.57. The van der Waals surface area contributed by atoms with Gasteiger partial charge in [-0.05, 0) is 32.1 Å². The Morgan fingerprint density at radius 2 is 2.00 bits per heavy atom. The zero-order valence-electron chi connectivity index (χ0n) is 11.5. The van der Waals surface area contributed by atoms with Crippen molar-refractivity contribution in [3.63, 3.8) is 0 Å². The average Bonchev–Trinajstić information content (AvgIpc) is 3.12. The van der Waals surface area contributed by atoms with Crippen LogP contribution in [-0.4, -0.2) is 15.6 Å². The van der Waals surface area contributed by atoms with Crippen molar-refractivity contribution in [2.45, 2.75) is 70.9 Å². The minimum absolute atomic E-state index is 0.695. The molecule has 2 fully saturated rings. The van der Waals surface area contributed by atoms with Crippen molar-refractivity contribution in [1.82, 2.24) is 9.55 Å². The second-order valence-electron chi connectivity index (χ2n) is 6.11. The smallest absolute Gasteiger partial charge is 0.203 e. The number of imidazole rings is 1. The first kappa shape index (κ1) is 12.1. The van der Waals surface area contributed by atoms with E-state index in [0.717, 1.165) is 24.1 Å². The van der Waals surface area contributed by atoms with Gasteiger partial charge in [-0.25, -0.2) is 4.98 Å². The molecule has 1 heterocycles. The fourth-order valence-electron chi connectivity index (χ4n) is 3.04. The van der Waals surface area contributed by atoms with Crippen molar-refractivity contribution in [1.29, 1.82) is 0 Å². The van der Waals surface area contributed by atoms with Crippen LogP contribution in [-0.2, 0) is 6.54 Å². The van der Waals surface area contributed by atoms with E-state index in [9.17, 15) is 0 Å². The van der Waals surface area contributed by atoms with E-state index in [1.165, 1.54) is 51.4 Å². The molecule has 2 aliphatic carbocycles. The van der Waals surface area contributed by atoms with Gasteiger partial charge in [-0.2, -0.15) is 0 Å². The van der Waals surface area contributed by atoms with Crippen LogP contribution in [0.5, 0.6) is 0 Å². The second kappa shape index (κ2) is 5.33. The second-order valence-corrected chi connectivity index (χ2v) is 6.11. The highest BCUT2D eigenvalue weighted by molar-refractivity contribution is 5.32. The lowest BCUT2D eigenvalue weighted by molar-refractivity contribution is 0.324. The van der Waals surface area contributed by atoms with Gasteiger partial charge >= 0.3 is 0 Å². The number of aryl methyl sites for hydroxylation is 2. The van der Waals surface area contributed by atoms with Crippen LogP contribution >= 0.6 is 0 Å². The summed E-state index contributed by atoms with van der Waals surface area (Å²) in [6, 6.07) is 0.695. The Labute approximate surface area is 110 Å². The maximum Gasteiger partial charge on any atom is 0.203 e. The van der Waals surface area contributed by atoms with E-state index in [4.69, 9.17) is 0 Å². The first-order valence-corrected chi connectivity index (χ1v) is 7.61. The molecule has 100 valence electrons. The average molecular weight is 247 g/mol. The van der Waals surface area contributed by atoms with Gasteiger partial charge in [0.15, 0.2) is 0 Å². The van der Waals surface area contributed by atoms with Crippen molar-refractivity contribution in [2.24, 2.45) is 5.92 Å². The highest BCUT2D eigenvalue weighted by Gasteiger charge is 2.23. The van der Waals surface area contributed by atoms with Gasteiger partial charge in [0.25, 0.3) is 0 Å². The quantitative estimate of drug-likeness (QED) is 0.859. The van der Waals surface area contributed by atoms with Gasteiger partial charge in [0.1, 0.15) is 0 Å². The largest absolute Gasteiger partial charge is 0.353 e. The van der Waals surface area contributed by atoms with E-state index in [1.807, 2.05) is 0 Å². The molecule has 0 atom stereocenters. The molecule has 0 saturated heterocycles. The van der Waals surface area contributed by atoms with Gasteiger partial charge in [0.2, 0.25) is 5.95 Å². The Hall–Kier alpha value is -0.990. The summed E-state index contributed by atoms with van der Waals surface area (Å²) in [4.78, 5) is 4.61. The van der Waals surface area contributed by atoms with E-state index in [-0.39, 0.29) is 0 Å². The molecule has 3 nitrogen and oxygen atoms in total. The van der Waals surface area contributed by atoms with E-state index in [1.54, 1.807) is 0 Å². The van der Waals surface area contributed by atoms with Crippen LogP contribution in [0.15, 0.2) is 6.20 Å². The van der Waals surface area contributed by atoms with Gasteiger partial charge in [-0.1, -0.05) is 32.1 Å². The SMILES string of the molecule is Cc1cn(CCC2CCCCC2)c(NC2CC2)n1. The number of nitrogens with zero attached hydrogens (tertiary/aromatic N) is 2. The molecule has 0 spiro atoms. The molecule has 0 radical (unpaired) electrons. The van der Waals surface area contributed by atoms with Crippen molar-refractivity contribution in [3.05, 3.63) is 11.9 Å². The van der Waals surface area contributed by atoms with Crippen molar-refractivity contribution in [2.75, 3.05) is 5.32 Å². The summed E-state index contributed by atoms with van der Waals surface area (Å²) in [6.45, 7) is 3.23. The van der Waals surface area contributed by atoms with Crippen LogP contribution in [0.25, 0.3) is 0 Å². The molecule has 1 N–H and O–H groups in total. The molecular weight excluding hydrogens is 222 g/mol. The lowest BCUT2D eigenvalue weighted by Gasteiger charge is -2.21. The fraction of sp³-hybridized carbons (Fsp3) is 0.800. The third-order valence-electron chi connectivity index (χ3n) is 4.31. The van der Waals surface area contributed by atoms with Crippen LogP contribution in [0.1, 0.15) is 57.1 Å². The third-order valence-corrected chi connectivity index (χ3v) is 4.31. The molecule has 3 rings (SSSR count). The summed E-state index contributed by atoms with van der Waals surface area (Å²) >= 11 is 0. The Morgan fingerprint density at radius 1 is 1.22 bits per heavy atom. The minimum Gasteiger partial charge on any atom is -0.353 e. The van der Waals surface area contributed by atoms with E-state index < -0.39 is 0 Å². The molecule has 0 bridgehead atoms. The molecule has 2 aliphatic rings. The molecule has 0 unspecified atom stereocenters. The van der Waals surface area contributed by atoms with Gasteiger partial charge < -0.3 is 9.88 Å². The Bertz CT molecular complexity index is 386. The maximum atomic E-state index is 4.61. The summed E-state index contributed by atoms with van der Waals surface area (Å²) in [5.74, 6) is 2.06. The molecule has 0 aliphatic heterocycles. The minimum atomic E-state index is 0.695. The predicted octanol–water partition coefficient (Wildman–Crippen LogP) is 3.74. The van der Waals surface area contributed by atoms with E-state index in [2.05, 4.69) is 28.0 Å². The lowest BCUT2D eigenvalue weighted by Crippen LogP contribution is -2.13. The number of rotatable bonds is 5. The Morgan fingerprint density at radius 3 is 2.72 bits per heavy atom. The molecule has 1 aromatic rings. The first-order chi connectivity index (χ1) is 8.81. The lowest BCUT2D eigenvalue weighted by atomic mass is 9.87. The molecule has 0 aromatic carbocycles. The van der Waals surface area contributed by atoms with Crippen LogP contribution in [0.2, 0.25) is 0 Å². The zero-order chi connectivity index (χ0) is 12.4. The highest BCUT2D eigenvalue weighted by atomic mass is 15.2. The Balaban J connectivity index is 1.56. The van der Waals surface area contributed by atoms with Crippen LogP contribution in [0.4, 0.5) is 5.95 Å². The number of hydrogen-bond donors (Lipinski definition) is 1. The van der Waals surface area contributed by atoms with Crippen LogP contribution < -0.4 is 5.32 Å². The summed E-state index contributed by atoms with van der Waals surface area (Å²) < 4.78 is 2.34. The van der Waals surface area contributed by atoms with Gasteiger partial charge in [0, 0.05) is 18.8 Å². The number of hydrogen-bond acceptors (Lipinski definition) is 2. The predicted molar refractivity (Wildman–Crippen MR) is 74.8 cm³/mol. The molecule has 3 heteroatoms. The van der Waals surface area contributed by atoms with E-state index >= 15 is 0 Å². The number of nitrogens with one attached hydrogen (secondary N) is 1. The highest BCUT2D eigenvalue weighted by Crippen LogP contribution is 2.28. The zero-order valence-corrected chi connectivity index (χ0v) is 11.5.